The zero-order chi connectivity index (χ0) is 18.3. The van der Waals surface area contributed by atoms with E-state index in [1.54, 1.807) is 0 Å². The van der Waals surface area contributed by atoms with Crippen LogP contribution in [0, 0.1) is 23.7 Å². The molecular formula is C22H37N3O2. The Morgan fingerprint density at radius 1 is 1.00 bits per heavy atom. The topological polar surface area (TPSA) is 54.5 Å². The summed E-state index contributed by atoms with van der Waals surface area (Å²) in [6.45, 7) is 8.84. The Kier molecular flexibility index (Phi) is 3.86. The summed E-state index contributed by atoms with van der Waals surface area (Å²) in [5.74, 6) is 2.88. The van der Waals surface area contributed by atoms with Crippen LogP contribution < -0.4 is 16.0 Å². The second kappa shape index (κ2) is 5.91. The minimum absolute atomic E-state index is 0.122. The molecule has 5 heteroatoms. The third-order valence-corrected chi connectivity index (χ3v) is 9.08. The van der Waals surface area contributed by atoms with Crippen molar-refractivity contribution in [2.75, 3.05) is 26.4 Å². The molecule has 0 radical (unpaired) electrons. The van der Waals surface area contributed by atoms with Gasteiger partial charge in [0, 0.05) is 30.6 Å². The molecule has 3 aliphatic carbocycles. The van der Waals surface area contributed by atoms with Gasteiger partial charge in [0.25, 0.3) is 0 Å². The van der Waals surface area contributed by atoms with Crippen LogP contribution >= 0.6 is 0 Å². The Hall–Kier alpha value is -0.200. The molecule has 0 aromatic carbocycles. The lowest BCUT2D eigenvalue weighted by Gasteiger charge is -2.56. The first kappa shape index (κ1) is 17.6. The fourth-order valence-electron chi connectivity index (χ4n) is 7.31. The van der Waals surface area contributed by atoms with E-state index < -0.39 is 0 Å². The summed E-state index contributed by atoms with van der Waals surface area (Å²) in [5.41, 5.74) is 0.691. The molecule has 3 heterocycles. The van der Waals surface area contributed by atoms with Crippen molar-refractivity contribution < 1.29 is 9.47 Å². The first-order valence-electron chi connectivity index (χ1n) is 11.6. The quantitative estimate of drug-likeness (QED) is 0.689. The van der Waals surface area contributed by atoms with Crippen molar-refractivity contribution in [1.82, 2.24) is 16.0 Å². The third kappa shape index (κ3) is 2.68. The van der Waals surface area contributed by atoms with Crippen LogP contribution in [0.5, 0.6) is 0 Å². The molecule has 0 aromatic heterocycles. The highest BCUT2D eigenvalue weighted by Crippen LogP contribution is 2.62. The fraction of sp³-hybridized carbons (Fsp3) is 1.00. The lowest BCUT2D eigenvalue weighted by Crippen LogP contribution is -2.65. The largest absolute Gasteiger partial charge is 0.369 e. The van der Waals surface area contributed by atoms with Crippen LogP contribution in [0.4, 0.5) is 0 Å². The molecule has 0 aromatic rings. The van der Waals surface area contributed by atoms with Gasteiger partial charge in [0.1, 0.15) is 0 Å². The van der Waals surface area contributed by atoms with Gasteiger partial charge in [-0.05, 0) is 69.2 Å². The molecule has 6 fully saturated rings. The lowest BCUT2D eigenvalue weighted by molar-refractivity contribution is -0.147. The maximum absolute atomic E-state index is 6.87. The molecule has 3 spiro atoms. The highest BCUT2D eigenvalue weighted by Gasteiger charge is 2.70. The minimum Gasteiger partial charge on any atom is -0.369 e. The molecule has 3 saturated heterocycles. The number of piperidine rings is 1. The van der Waals surface area contributed by atoms with Crippen molar-refractivity contribution in [3.63, 3.8) is 0 Å². The summed E-state index contributed by atoms with van der Waals surface area (Å²) in [7, 11) is 0. The number of hydrogen-bond donors (Lipinski definition) is 3. The molecule has 0 amide bonds. The average molecular weight is 376 g/mol. The van der Waals surface area contributed by atoms with Crippen molar-refractivity contribution in [2.45, 2.75) is 87.7 Å². The maximum atomic E-state index is 6.87. The highest BCUT2D eigenvalue weighted by molar-refractivity contribution is 5.23. The van der Waals surface area contributed by atoms with Crippen LogP contribution in [0.15, 0.2) is 0 Å². The van der Waals surface area contributed by atoms with Gasteiger partial charge >= 0.3 is 0 Å². The van der Waals surface area contributed by atoms with Gasteiger partial charge in [-0.3, -0.25) is 5.32 Å². The normalized spacial score (nSPS) is 56.2. The minimum atomic E-state index is 0.122. The highest BCUT2D eigenvalue weighted by atomic mass is 16.5. The first-order valence-corrected chi connectivity index (χ1v) is 11.6. The maximum Gasteiger partial charge on any atom is 0.0973 e. The van der Waals surface area contributed by atoms with E-state index in [1.807, 2.05) is 0 Å². The van der Waals surface area contributed by atoms with Gasteiger partial charge in [0.05, 0.1) is 24.0 Å². The molecule has 6 unspecified atom stereocenters. The van der Waals surface area contributed by atoms with Crippen molar-refractivity contribution >= 4 is 0 Å². The Bertz CT molecular complexity index is 602. The number of ether oxygens (including phenoxy) is 2. The fourth-order valence-corrected chi connectivity index (χ4v) is 7.31. The van der Waals surface area contributed by atoms with E-state index in [4.69, 9.17) is 9.47 Å². The Labute approximate surface area is 163 Å². The van der Waals surface area contributed by atoms with Crippen LogP contribution in [-0.4, -0.2) is 55.3 Å². The van der Waals surface area contributed by atoms with Crippen LogP contribution in [0.25, 0.3) is 0 Å². The van der Waals surface area contributed by atoms with E-state index in [0.717, 1.165) is 31.7 Å². The van der Waals surface area contributed by atoms with E-state index in [1.165, 1.54) is 51.5 Å². The van der Waals surface area contributed by atoms with Gasteiger partial charge in [-0.1, -0.05) is 13.8 Å². The molecule has 6 rings (SSSR count). The van der Waals surface area contributed by atoms with Gasteiger partial charge in [-0.2, -0.15) is 0 Å². The average Bonchev–Trinajstić information content (AvgIpc) is 3.54. The van der Waals surface area contributed by atoms with Crippen LogP contribution in [0.2, 0.25) is 0 Å². The van der Waals surface area contributed by atoms with Gasteiger partial charge in [-0.15, -0.1) is 0 Å². The van der Waals surface area contributed by atoms with E-state index in [9.17, 15) is 0 Å². The number of morpholine rings is 1. The SMILES string of the molecule is CC1CCNC2(C1)CC(C1CNC(C3CC34OCNCC4C)C3(CC3)O1)C2. The van der Waals surface area contributed by atoms with E-state index in [0.29, 0.717) is 29.5 Å². The number of nitrogens with one attached hydrogen (secondary N) is 3. The molecule has 3 saturated carbocycles. The molecule has 6 atom stereocenters. The standard InChI is InChI=1S/C22H37N3O2/c1-14-3-6-25-20(7-14)8-16(9-20)18-12-24-19(21(27-18)4-5-21)17-10-22(17)15(2)11-23-13-26-22/h14-19,23-25H,3-13H2,1-2H3. The van der Waals surface area contributed by atoms with Crippen molar-refractivity contribution in [2.24, 2.45) is 23.7 Å². The van der Waals surface area contributed by atoms with Crippen molar-refractivity contribution in [1.29, 1.82) is 0 Å². The molecule has 3 aliphatic heterocycles. The molecule has 27 heavy (non-hydrogen) atoms. The lowest BCUT2D eigenvalue weighted by atomic mass is 9.61. The van der Waals surface area contributed by atoms with E-state index >= 15 is 0 Å². The zero-order valence-electron chi connectivity index (χ0n) is 17.1. The summed E-state index contributed by atoms with van der Waals surface area (Å²) in [4.78, 5) is 0. The smallest absolute Gasteiger partial charge is 0.0973 e. The predicted molar refractivity (Wildman–Crippen MR) is 104 cm³/mol. The molecule has 0 bridgehead atoms. The summed E-state index contributed by atoms with van der Waals surface area (Å²) in [6.07, 6.45) is 9.49. The Morgan fingerprint density at radius 2 is 1.85 bits per heavy atom. The molecule has 5 nitrogen and oxygen atoms in total. The van der Waals surface area contributed by atoms with E-state index in [-0.39, 0.29) is 11.2 Å². The molecular weight excluding hydrogens is 338 g/mol. The number of rotatable bonds is 2. The zero-order valence-corrected chi connectivity index (χ0v) is 17.1. The van der Waals surface area contributed by atoms with Crippen LogP contribution in [0.1, 0.15) is 58.8 Å². The van der Waals surface area contributed by atoms with Crippen LogP contribution in [-0.2, 0) is 9.47 Å². The first-order chi connectivity index (χ1) is 13.0. The summed E-state index contributed by atoms with van der Waals surface area (Å²) in [5, 5.41) is 11.2. The molecule has 3 N–H and O–H groups in total. The second-order valence-corrected chi connectivity index (χ2v) is 11.0. The van der Waals surface area contributed by atoms with Crippen LogP contribution in [0.3, 0.4) is 0 Å². The van der Waals surface area contributed by atoms with E-state index in [2.05, 4.69) is 29.8 Å². The Balaban J connectivity index is 1.09. The summed E-state index contributed by atoms with van der Waals surface area (Å²) < 4.78 is 13.1. The van der Waals surface area contributed by atoms with Gasteiger partial charge in [0.15, 0.2) is 0 Å². The monoisotopic (exact) mass is 375 g/mol. The summed E-state index contributed by atoms with van der Waals surface area (Å²) >= 11 is 0. The molecule has 152 valence electrons. The van der Waals surface area contributed by atoms with Gasteiger partial charge in [0.2, 0.25) is 0 Å². The van der Waals surface area contributed by atoms with Crippen molar-refractivity contribution in [3.05, 3.63) is 0 Å². The third-order valence-electron chi connectivity index (χ3n) is 9.08. The molecule has 6 aliphatic rings. The van der Waals surface area contributed by atoms with Crippen molar-refractivity contribution in [3.8, 4) is 0 Å². The predicted octanol–water partition coefficient (Wildman–Crippen LogP) is 2.02. The Morgan fingerprint density at radius 3 is 2.59 bits per heavy atom. The van der Waals surface area contributed by atoms with Gasteiger partial charge in [-0.25, -0.2) is 0 Å². The second-order valence-electron chi connectivity index (χ2n) is 11.0. The summed E-state index contributed by atoms with van der Waals surface area (Å²) in [6, 6.07) is 0.510. The van der Waals surface area contributed by atoms with Gasteiger partial charge < -0.3 is 20.1 Å². The number of hydrogen-bond acceptors (Lipinski definition) is 5.